The van der Waals surface area contributed by atoms with Crippen LogP contribution in [0.3, 0.4) is 0 Å². The molecule has 1 aromatic heterocycles. The van der Waals surface area contributed by atoms with Crippen molar-refractivity contribution in [3.8, 4) is 11.4 Å². The van der Waals surface area contributed by atoms with E-state index in [2.05, 4.69) is 39.8 Å². The van der Waals surface area contributed by atoms with Crippen LogP contribution in [0.4, 0.5) is 4.79 Å². The van der Waals surface area contributed by atoms with Gasteiger partial charge < -0.3 is 20.3 Å². The topological polar surface area (TPSA) is 117 Å². The van der Waals surface area contributed by atoms with E-state index in [1.807, 2.05) is 12.1 Å². The number of hydrogen-bond donors (Lipinski definition) is 3. The van der Waals surface area contributed by atoms with E-state index in [0.29, 0.717) is 18.1 Å². The third-order valence-corrected chi connectivity index (χ3v) is 5.29. The van der Waals surface area contributed by atoms with E-state index in [9.17, 15) is 9.59 Å². The SMILES string of the molecule is CCCCCCCCCCc1ccc(-c2noc(CNC(=O)CCCNC(=O)O)n2)cc1. The molecule has 0 bridgehead atoms. The second-order valence-electron chi connectivity index (χ2n) is 8.05. The number of carbonyl (C=O) groups excluding carboxylic acids is 1. The maximum absolute atomic E-state index is 11.8. The molecule has 0 atom stereocenters. The summed E-state index contributed by atoms with van der Waals surface area (Å²) in [5.74, 6) is 0.640. The minimum absolute atomic E-state index is 0.148. The molecule has 176 valence electrons. The number of unbranched alkanes of at least 4 members (excludes halogenated alkanes) is 7. The van der Waals surface area contributed by atoms with E-state index in [0.717, 1.165) is 12.0 Å². The van der Waals surface area contributed by atoms with Crippen LogP contribution in [0.5, 0.6) is 0 Å². The molecule has 1 aromatic carbocycles. The van der Waals surface area contributed by atoms with Crippen molar-refractivity contribution in [1.29, 1.82) is 0 Å². The predicted molar refractivity (Wildman–Crippen MR) is 123 cm³/mol. The fourth-order valence-corrected chi connectivity index (χ4v) is 3.43. The molecular formula is C24H36N4O4. The monoisotopic (exact) mass is 444 g/mol. The first-order chi connectivity index (χ1) is 15.6. The molecule has 1 heterocycles. The Bertz CT molecular complexity index is 805. The lowest BCUT2D eigenvalue weighted by Gasteiger charge is -2.03. The summed E-state index contributed by atoms with van der Waals surface area (Å²) in [6.07, 6.45) is 11.2. The second kappa shape index (κ2) is 15.0. The van der Waals surface area contributed by atoms with Gasteiger partial charge in [0, 0.05) is 18.5 Å². The smallest absolute Gasteiger partial charge is 0.404 e. The van der Waals surface area contributed by atoms with Crippen molar-refractivity contribution in [2.24, 2.45) is 0 Å². The molecule has 0 saturated heterocycles. The summed E-state index contributed by atoms with van der Waals surface area (Å²) in [4.78, 5) is 26.5. The molecule has 0 radical (unpaired) electrons. The standard InChI is InChI=1S/C24H36N4O4/c1-2-3-4-5-6-7-8-9-11-19-13-15-20(16-14-19)23-27-22(32-28-23)18-26-21(29)12-10-17-25-24(30)31/h13-16,25H,2-12,17-18H2,1H3,(H,26,29)(H,30,31). The largest absolute Gasteiger partial charge is 0.465 e. The highest BCUT2D eigenvalue weighted by Crippen LogP contribution is 2.18. The highest BCUT2D eigenvalue weighted by Gasteiger charge is 2.10. The molecule has 0 spiro atoms. The number of carbonyl (C=O) groups is 2. The number of benzene rings is 1. The molecule has 2 rings (SSSR count). The van der Waals surface area contributed by atoms with Gasteiger partial charge in [0.25, 0.3) is 0 Å². The highest BCUT2D eigenvalue weighted by atomic mass is 16.5. The molecule has 0 aliphatic carbocycles. The van der Waals surface area contributed by atoms with Crippen molar-refractivity contribution >= 4 is 12.0 Å². The van der Waals surface area contributed by atoms with Crippen LogP contribution < -0.4 is 10.6 Å². The molecule has 0 aliphatic rings. The van der Waals surface area contributed by atoms with E-state index in [1.165, 1.54) is 56.9 Å². The number of aromatic nitrogens is 2. The summed E-state index contributed by atoms with van der Waals surface area (Å²) in [6.45, 7) is 2.63. The van der Waals surface area contributed by atoms with Gasteiger partial charge in [-0.15, -0.1) is 0 Å². The summed E-state index contributed by atoms with van der Waals surface area (Å²) >= 11 is 0. The molecule has 0 saturated carbocycles. The van der Waals surface area contributed by atoms with Crippen molar-refractivity contribution in [1.82, 2.24) is 20.8 Å². The molecule has 0 fully saturated rings. The zero-order valence-corrected chi connectivity index (χ0v) is 19.1. The zero-order chi connectivity index (χ0) is 23.0. The van der Waals surface area contributed by atoms with Crippen LogP contribution in [0, 0.1) is 0 Å². The van der Waals surface area contributed by atoms with Gasteiger partial charge in [-0.3, -0.25) is 4.79 Å². The summed E-state index contributed by atoms with van der Waals surface area (Å²) in [5.41, 5.74) is 2.19. The Morgan fingerprint density at radius 1 is 0.938 bits per heavy atom. The van der Waals surface area contributed by atoms with Crippen LogP contribution in [0.15, 0.2) is 28.8 Å². The van der Waals surface area contributed by atoms with Gasteiger partial charge in [0.05, 0.1) is 6.54 Å². The Hall–Kier alpha value is -2.90. The van der Waals surface area contributed by atoms with E-state index >= 15 is 0 Å². The van der Waals surface area contributed by atoms with E-state index in [1.54, 1.807) is 0 Å². The van der Waals surface area contributed by atoms with E-state index in [4.69, 9.17) is 9.63 Å². The molecule has 0 aliphatic heterocycles. The number of hydrogen-bond acceptors (Lipinski definition) is 5. The lowest BCUT2D eigenvalue weighted by molar-refractivity contribution is -0.121. The fraction of sp³-hybridized carbons (Fsp3) is 0.583. The van der Waals surface area contributed by atoms with Gasteiger partial charge >= 0.3 is 6.09 Å². The maximum atomic E-state index is 11.8. The molecule has 8 nitrogen and oxygen atoms in total. The zero-order valence-electron chi connectivity index (χ0n) is 19.1. The van der Waals surface area contributed by atoms with Gasteiger partial charge in [-0.2, -0.15) is 4.98 Å². The summed E-state index contributed by atoms with van der Waals surface area (Å²) in [7, 11) is 0. The highest BCUT2D eigenvalue weighted by molar-refractivity contribution is 5.75. The number of aryl methyl sites for hydroxylation is 1. The molecule has 32 heavy (non-hydrogen) atoms. The Labute approximate surface area is 190 Å². The normalized spacial score (nSPS) is 10.8. The van der Waals surface area contributed by atoms with Gasteiger partial charge in [0.15, 0.2) is 0 Å². The quantitative estimate of drug-likeness (QED) is 0.311. The molecule has 0 unspecified atom stereocenters. The Balaban J connectivity index is 1.66. The molecule has 2 aromatic rings. The molecule has 2 amide bonds. The number of carboxylic acid groups (broad SMARTS) is 1. The Morgan fingerprint density at radius 2 is 1.62 bits per heavy atom. The van der Waals surface area contributed by atoms with Crippen molar-refractivity contribution in [3.05, 3.63) is 35.7 Å². The Morgan fingerprint density at radius 3 is 2.31 bits per heavy atom. The predicted octanol–water partition coefficient (Wildman–Crippen LogP) is 5.08. The third-order valence-electron chi connectivity index (χ3n) is 5.29. The van der Waals surface area contributed by atoms with Crippen molar-refractivity contribution < 1.29 is 19.2 Å². The summed E-state index contributed by atoms with van der Waals surface area (Å²) in [5, 5.41) is 17.4. The minimum atomic E-state index is -1.09. The van der Waals surface area contributed by atoms with Crippen molar-refractivity contribution in [2.75, 3.05) is 6.54 Å². The van der Waals surface area contributed by atoms with Gasteiger partial charge in [0.1, 0.15) is 0 Å². The number of rotatable bonds is 16. The first-order valence-electron chi connectivity index (χ1n) is 11.7. The summed E-state index contributed by atoms with van der Waals surface area (Å²) < 4.78 is 5.22. The fourth-order valence-electron chi connectivity index (χ4n) is 3.43. The number of amides is 2. The van der Waals surface area contributed by atoms with Gasteiger partial charge in [-0.05, 0) is 24.8 Å². The van der Waals surface area contributed by atoms with Gasteiger partial charge in [0.2, 0.25) is 17.6 Å². The van der Waals surface area contributed by atoms with Crippen LogP contribution in [0.1, 0.15) is 82.6 Å². The number of nitrogens with zero attached hydrogens (tertiary/aromatic N) is 2. The Kier molecular flexibility index (Phi) is 11.9. The lowest BCUT2D eigenvalue weighted by atomic mass is 10.0. The van der Waals surface area contributed by atoms with Crippen molar-refractivity contribution in [2.45, 2.75) is 84.1 Å². The minimum Gasteiger partial charge on any atom is -0.465 e. The van der Waals surface area contributed by atoms with Crippen LogP contribution in [-0.4, -0.2) is 33.8 Å². The van der Waals surface area contributed by atoms with E-state index < -0.39 is 6.09 Å². The van der Waals surface area contributed by atoms with Crippen LogP contribution in [0.2, 0.25) is 0 Å². The van der Waals surface area contributed by atoms with Crippen molar-refractivity contribution in [3.63, 3.8) is 0 Å². The van der Waals surface area contributed by atoms with Gasteiger partial charge in [-0.25, -0.2) is 4.79 Å². The first kappa shape index (κ1) is 25.4. The maximum Gasteiger partial charge on any atom is 0.404 e. The van der Waals surface area contributed by atoms with Crippen LogP contribution in [-0.2, 0) is 17.8 Å². The van der Waals surface area contributed by atoms with Gasteiger partial charge in [-0.1, -0.05) is 81.3 Å². The van der Waals surface area contributed by atoms with E-state index in [-0.39, 0.29) is 25.4 Å². The average molecular weight is 445 g/mol. The first-order valence-corrected chi connectivity index (χ1v) is 11.7. The third kappa shape index (κ3) is 10.4. The average Bonchev–Trinajstić information content (AvgIpc) is 3.26. The molecule has 3 N–H and O–H groups in total. The molecule has 8 heteroatoms. The second-order valence-corrected chi connectivity index (χ2v) is 8.05. The summed E-state index contributed by atoms with van der Waals surface area (Å²) in [6, 6.07) is 8.23. The lowest BCUT2D eigenvalue weighted by Crippen LogP contribution is -2.26. The number of nitrogens with one attached hydrogen (secondary N) is 2. The van der Waals surface area contributed by atoms with Crippen LogP contribution in [0.25, 0.3) is 11.4 Å². The molecular weight excluding hydrogens is 408 g/mol. The van der Waals surface area contributed by atoms with Crippen LogP contribution >= 0.6 is 0 Å².